The minimum atomic E-state index is 0.520. The third kappa shape index (κ3) is 3.64. The van der Waals surface area contributed by atoms with Crippen LogP contribution in [0.15, 0.2) is 18.2 Å². The summed E-state index contributed by atoms with van der Waals surface area (Å²) in [4.78, 5) is 0. The van der Waals surface area contributed by atoms with Gasteiger partial charge in [-0.2, -0.15) is 0 Å². The molecular weight excluding hydrogens is 194 g/mol. The lowest BCUT2D eigenvalue weighted by atomic mass is 9.95. The smallest absolute Gasteiger partial charge is 0.0320 e. The second kappa shape index (κ2) is 6.70. The van der Waals surface area contributed by atoms with Crippen molar-refractivity contribution in [2.45, 2.75) is 52.5 Å². The molecule has 1 aromatic rings. The van der Waals surface area contributed by atoms with Gasteiger partial charge in [-0.05, 0) is 38.4 Å². The molecule has 0 saturated heterocycles. The first-order valence-corrected chi connectivity index (χ1v) is 6.43. The molecule has 1 N–H and O–H groups in total. The molecule has 16 heavy (non-hydrogen) atoms. The molecule has 1 atom stereocenters. The van der Waals surface area contributed by atoms with Crippen LogP contribution in [0.2, 0.25) is 0 Å². The van der Waals surface area contributed by atoms with E-state index in [-0.39, 0.29) is 0 Å². The SMILES string of the molecule is CCCCCC(NC)c1cc(C)ccc1C. The van der Waals surface area contributed by atoms with E-state index in [0.29, 0.717) is 6.04 Å². The fourth-order valence-electron chi connectivity index (χ4n) is 2.19. The van der Waals surface area contributed by atoms with E-state index in [4.69, 9.17) is 0 Å². The van der Waals surface area contributed by atoms with Gasteiger partial charge in [-0.25, -0.2) is 0 Å². The lowest BCUT2D eigenvalue weighted by Gasteiger charge is -2.19. The highest BCUT2D eigenvalue weighted by molar-refractivity contribution is 5.32. The predicted molar refractivity (Wildman–Crippen MR) is 71.9 cm³/mol. The van der Waals surface area contributed by atoms with Gasteiger partial charge in [-0.15, -0.1) is 0 Å². The fourth-order valence-corrected chi connectivity index (χ4v) is 2.19. The largest absolute Gasteiger partial charge is 0.313 e. The van der Waals surface area contributed by atoms with Crippen molar-refractivity contribution in [3.63, 3.8) is 0 Å². The highest BCUT2D eigenvalue weighted by Gasteiger charge is 2.11. The van der Waals surface area contributed by atoms with Crippen molar-refractivity contribution in [2.24, 2.45) is 0 Å². The van der Waals surface area contributed by atoms with Gasteiger partial charge >= 0.3 is 0 Å². The Balaban J connectivity index is 2.73. The number of hydrogen-bond donors (Lipinski definition) is 1. The van der Waals surface area contributed by atoms with Crippen LogP contribution in [0.4, 0.5) is 0 Å². The number of hydrogen-bond acceptors (Lipinski definition) is 1. The summed E-state index contributed by atoms with van der Waals surface area (Å²) >= 11 is 0. The van der Waals surface area contributed by atoms with E-state index in [1.807, 2.05) is 0 Å². The van der Waals surface area contributed by atoms with E-state index in [1.54, 1.807) is 0 Å². The molecule has 0 bridgehead atoms. The van der Waals surface area contributed by atoms with Crippen molar-refractivity contribution in [2.75, 3.05) is 7.05 Å². The molecule has 0 aliphatic heterocycles. The average molecular weight is 219 g/mol. The summed E-state index contributed by atoms with van der Waals surface area (Å²) < 4.78 is 0. The molecule has 0 amide bonds. The van der Waals surface area contributed by atoms with Crippen LogP contribution >= 0.6 is 0 Å². The van der Waals surface area contributed by atoms with Crippen LogP contribution in [-0.2, 0) is 0 Å². The van der Waals surface area contributed by atoms with Crippen molar-refractivity contribution in [1.29, 1.82) is 0 Å². The molecule has 0 saturated carbocycles. The Morgan fingerprint density at radius 1 is 1.19 bits per heavy atom. The number of nitrogens with one attached hydrogen (secondary N) is 1. The van der Waals surface area contributed by atoms with E-state index in [2.05, 4.69) is 51.3 Å². The van der Waals surface area contributed by atoms with Gasteiger partial charge in [0.05, 0.1) is 0 Å². The topological polar surface area (TPSA) is 12.0 Å². The van der Waals surface area contributed by atoms with Crippen molar-refractivity contribution in [3.8, 4) is 0 Å². The van der Waals surface area contributed by atoms with Crippen LogP contribution in [0.1, 0.15) is 55.3 Å². The second-order valence-electron chi connectivity index (χ2n) is 4.70. The van der Waals surface area contributed by atoms with Crippen molar-refractivity contribution >= 4 is 0 Å². The standard InChI is InChI=1S/C15H25N/c1-5-6-7-8-15(16-4)14-11-12(2)9-10-13(14)3/h9-11,15-16H,5-8H2,1-4H3. The highest BCUT2D eigenvalue weighted by Crippen LogP contribution is 2.23. The number of unbranched alkanes of at least 4 members (excludes halogenated alkanes) is 2. The Morgan fingerprint density at radius 3 is 2.56 bits per heavy atom. The maximum absolute atomic E-state index is 3.45. The van der Waals surface area contributed by atoms with Crippen LogP contribution in [0.25, 0.3) is 0 Å². The van der Waals surface area contributed by atoms with Gasteiger partial charge in [0, 0.05) is 6.04 Å². The first-order valence-electron chi connectivity index (χ1n) is 6.43. The molecule has 0 aromatic heterocycles. The van der Waals surface area contributed by atoms with E-state index >= 15 is 0 Å². The van der Waals surface area contributed by atoms with Gasteiger partial charge in [-0.1, -0.05) is 49.9 Å². The van der Waals surface area contributed by atoms with Crippen LogP contribution in [0, 0.1) is 13.8 Å². The van der Waals surface area contributed by atoms with Crippen LogP contribution < -0.4 is 5.32 Å². The Kier molecular flexibility index (Phi) is 5.54. The Bertz CT molecular complexity index is 317. The number of aryl methyl sites for hydroxylation is 2. The molecule has 0 spiro atoms. The summed E-state index contributed by atoms with van der Waals surface area (Å²) in [6.07, 6.45) is 5.19. The van der Waals surface area contributed by atoms with Crippen molar-refractivity contribution in [3.05, 3.63) is 34.9 Å². The molecule has 0 heterocycles. The van der Waals surface area contributed by atoms with E-state index in [9.17, 15) is 0 Å². The van der Waals surface area contributed by atoms with Gasteiger partial charge < -0.3 is 5.32 Å². The molecule has 0 aliphatic carbocycles. The lowest BCUT2D eigenvalue weighted by Crippen LogP contribution is -2.17. The molecule has 1 aromatic carbocycles. The zero-order valence-electron chi connectivity index (χ0n) is 11.1. The van der Waals surface area contributed by atoms with E-state index in [0.717, 1.165) is 0 Å². The normalized spacial score (nSPS) is 12.8. The third-order valence-corrected chi connectivity index (χ3v) is 3.25. The van der Waals surface area contributed by atoms with Crippen molar-refractivity contribution < 1.29 is 0 Å². The van der Waals surface area contributed by atoms with Crippen LogP contribution in [-0.4, -0.2) is 7.05 Å². The maximum atomic E-state index is 3.45. The Morgan fingerprint density at radius 2 is 1.94 bits per heavy atom. The summed E-state index contributed by atoms with van der Waals surface area (Å²) in [5, 5.41) is 3.45. The molecule has 0 aliphatic rings. The minimum absolute atomic E-state index is 0.520. The summed E-state index contributed by atoms with van der Waals surface area (Å²) in [5.74, 6) is 0. The fraction of sp³-hybridized carbons (Fsp3) is 0.600. The summed E-state index contributed by atoms with van der Waals surface area (Å²) in [7, 11) is 2.07. The van der Waals surface area contributed by atoms with Gasteiger partial charge in [-0.3, -0.25) is 0 Å². The minimum Gasteiger partial charge on any atom is -0.313 e. The molecule has 1 nitrogen and oxygen atoms in total. The lowest BCUT2D eigenvalue weighted by molar-refractivity contribution is 0.510. The van der Waals surface area contributed by atoms with Gasteiger partial charge in [0.25, 0.3) is 0 Å². The summed E-state index contributed by atoms with van der Waals surface area (Å²) in [6, 6.07) is 7.26. The Hall–Kier alpha value is -0.820. The van der Waals surface area contributed by atoms with Gasteiger partial charge in [0.1, 0.15) is 0 Å². The molecule has 90 valence electrons. The zero-order valence-corrected chi connectivity index (χ0v) is 11.1. The maximum Gasteiger partial charge on any atom is 0.0320 e. The molecule has 0 fully saturated rings. The third-order valence-electron chi connectivity index (χ3n) is 3.25. The molecule has 1 heteroatoms. The Labute approximate surface area is 100 Å². The molecule has 1 unspecified atom stereocenters. The first-order chi connectivity index (χ1) is 7.69. The first kappa shape index (κ1) is 13.2. The summed E-state index contributed by atoms with van der Waals surface area (Å²) in [5.41, 5.74) is 4.23. The summed E-state index contributed by atoms with van der Waals surface area (Å²) in [6.45, 7) is 6.63. The predicted octanol–water partition coefficient (Wildman–Crippen LogP) is 4.14. The number of rotatable bonds is 6. The van der Waals surface area contributed by atoms with Gasteiger partial charge in [0.15, 0.2) is 0 Å². The molecule has 0 radical (unpaired) electrons. The van der Waals surface area contributed by atoms with E-state index < -0.39 is 0 Å². The van der Waals surface area contributed by atoms with Crippen LogP contribution in [0.5, 0.6) is 0 Å². The highest BCUT2D eigenvalue weighted by atomic mass is 14.9. The van der Waals surface area contributed by atoms with Crippen molar-refractivity contribution in [1.82, 2.24) is 5.32 Å². The molecular formula is C15H25N. The molecule has 1 rings (SSSR count). The van der Waals surface area contributed by atoms with Gasteiger partial charge in [0.2, 0.25) is 0 Å². The quantitative estimate of drug-likeness (QED) is 0.709. The average Bonchev–Trinajstić information content (AvgIpc) is 2.28. The van der Waals surface area contributed by atoms with Crippen LogP contribution in [0.3, 0.4) is 0 Å². The van der Waals surface area contributed by atoms with E-state index in [1.165, 1.54) is 42.4 Å². The number of benzene rings is 1. The zero-order chi connectivity index (χ0) is 12.0. The monoisotopic (exact) mass is 219 g/mol. The second-order valence-corrected chi connectivity index (χ2v) is 4.70.